The summed E-state index contributed by atoms with van der Waals surface area (Å²) in [5.41, 5.74) is 1.27. The Bertz CT molecular complexity index is 650. The summed E-state index contributed by atoms with van der Waals surface area (Å²) in [6, 6.07) is 9.17. The van der Waals surface area contributed by atoms with Gasteiger partial charge in [-0.25, -0.2) is 4.79 Å². The number of halogens is 1. The zero-order chi connectivity index (χ0) is 14.7. The predicted molar refractivity (Wildman–Crippen MR) is 74.8 cm³/mol. The molecule has 1 heterocycles. The summed E-state index contributed by atoms with van der Waals surface area (Å²) in [7, 11) is 1.65. The lowest BCUT2D eigenvalue weighted by molar-refractivity contribution is 0.0524. The van der Waals surface area contributed by atoms with Crippen molar-refractivity contribution in [1.82, 2.24) is 9.78 Å². The van der Waals surface area contributed by atoms with Crippen LogP contribution in [-0.4, -0.2) is 27.6 Å². The van der Waals surface area contributed by atoms with Crippen LogP contribution in [0, 0.1) is 0 Å². The highest BCUT2D eigenvalue weighted by Gasteiger charge is 2.27. The standard InChI is InChI=1S/C14H13ClN2O3/c1-3-20-14(19)10-11(13(15)18)16-17(2)12(10)9-7-5-4-6-8-9/h4-8H,3H2,1-2H3. The Morgan fingerprint density at radius 3 is 2.50 bits per heavy atom. The van der Waals surface area contributed by atoms with Crippen molar-refractivity contribution < 1.29 is 14.3 Å². The topological polar surface area (TPSA) is 61.2 Å². The van der Waals surface area contributed by atoms with Gasteiger partial charge >= 0.3 is 5.97 Å². The number of rotatable bonds is 4. The molecule has 0 aliphatic carbocycles. The minimum Gasteiger partial charge on any atom is -0.462 e. The molecule has 6 heteroatoms. The number of benzene rings is 1. The van der Waals surface area contributed by atoms with E-state index in [0.29, 0.717) is 5.69 Å². The summed E-state index contributed by atoms with van der Waals surface area (Å²) in [5.74, 6) is -0.608. The van der Waals surface area contributed by atoms with Crippen molar-refractivity contribution in [3.05, 3.63) is 41.6 Å². The monoisotopic (exact) mass is 292 g/mol. The van der Waals surface area contributed by atoms with Crippen molar-refractivity contribution >= 4 is 22.8 Å². The minimum absolute atomic E-state index is 0.0912. The zero-order valence-electron chi connectivity index (χ0n) is 11.1. The number of ether oxygens (including phenoxy) is 1. The van der Waals surface area contributed by atoms with Crippen LogP contribution in [0.1, 0.15) is 27.8 Å². The molecule has 0 radical (unpaired) electrons. The van der Waals surface area contributed by atoms with Gasteiger partial charge in [0, 0.05) is 12.6 Å². The van der Waals surface area contributed by atoms with Gasteiger partial charge in [-0.3, -0.25) is 9.48 Å². The molecule has 0 saturated carbocycles. The van der Waals surface area contributed by atoms with Crippen molar-refractivity contribution in [2.75, 3.05) is 6.61 Å². The van der Waals surface area contributed by atoms with Gasteiger partial charge in [-0.2, -0.15) is 5.10 Å². The number of esters is 1. The summed E-state index contributed by atoms with van der Waals surface area (Å²) in [6.45, 7) is 1.90. The van der Waals surface area contributed by atoms with Gasteiger partial charge in [-0.15, -0.1) is 0 Å². The van der Waals surface area contributed by atoms with Crippen LogP contribution in [0.5, 0.6) is 0 Å². The van der Waals surface area contributed by atoms with Crippen LogP contribution in [-0.2, 0) is 11.8 Å². The lowest BCUT2D eigenvalue weighted by atomic mass is 10.1. The minimum atomic E-state index is -0.786. The lowest BCUT2D eigenvalue weighted by Gasteiger charge is -2.06. The highest BCUT2D eigenvalue weighted by molar-refractivity contribution is 6.68. The average molecular weight is 293 g/mol. The van der Waals surface area contributed by atoms with E-state index in [1.54, 1.807) is 14.0 Å². The Morgan fingerprint density at radius 2 is 1.95 bits per heavy atom. The van der Waals surface area contributed by atoms with Gasteiger partial charge in [0.05, 0.1) is 12.3 Å². The molecule has 2 rings (SSSR count). The van der Waals surface area contributed by atoms with E-state index in [0.717, 1.165) is 5.56 Å². The van der Waals surface area contributed by atoms with Gasteiger partial charge in [0.15, 0.2) is 5.69 Å². The predicted octanol–water partition coefficient (Wildman–Crippen LogP) is 2.64. The second-order valence-corrected chi connectivity index (χ2v) is 4.40. The van der Waals surface area contributed by atoms with Crippen molar-refractivity contribution in [2.45, 2.75) is 6.92 Å². The number of hydrogen-bond donors (Lipinski definition) is 0. The van der Waals surface area contributed by atoms with Crippen molar-refractivity contribution in [3.8, 4) is 11.3 Å². The molecule has 0 aliphatic rings. The van der Waals surface area contributed by atoms with Crippen molar-refractivity contribution in [2.24, 2.45) is 7.05 Å². The summed E-state index contributed by atoms with van der Waals surface area (Å²) < 4.78 is 6.45. The molecular weight excluding hydrogens is 280 g/mol. The first-order valence-corrected chi connectivity index (χ1v) is 6.43. The Labute approximate surface area is 121 Å². The molecule has 0 atom stereocenters. The van der Waals surface area contributed by atoms with Crippen LogP contribution in [0.4, 0.5) is 0 Å². The van der Waals surface area contributed by atoms with Crippen LogP contribution < -0.4 is 0 Å². The third kappa shape index (κ3) is 2.58. The number of nitrogens with zero attached hydrogens (tertiary/aromatic N) is 2. The molecule has 0 fully saturated rings. The quantitative estimate of drug-likeness (QED) is 0.642. The third-order valence-corrected chi connectivity index (χ3v) is 2.94. The van der Waals surface area contributed by atoms with E-state index in [4.69, 9.17) is 16.3 Å². The summed E-state index contributed by atoms with van der Waals surface area (Å²) >= 11 is 5.50. The number of aryl methyl sites for hydroxylation is 1. The fourth-order valence-corrected chi connectivity index (χ4v) is 2.12. The molecule has 5 nitrogen and oxygen atoms in total. The first kappa shape index (κ1) is 14.3. The largest absolute Gasteiger partial charge is 0.462 e. The van der Waals surface area contributed by atoms with Crippen molar-refractivity contribution in [3.63, 3.8) is 0 Å². The van der Waals surface area contributed by atoms with Gasteiger partial charge in [0.2, 0.25) is 0 Å². The van der Waals surface area contributed by atoms with Crippen molar-refractivity contribution in [1.29, 1.82) is 0 Å². The zero-order valence-corrected chi connectivity index (χ0v) is 11.8. The Kier molecular flexibility index (Phi) is 4.20. The fourth-order valence-electron chi connectivity index (χ4n) is 1.99. The Hall–Kier alpha value is -2.14. The molecule has 1 aromatic heterocycles. The summed E-state index contributed by atoms with van der Waals surface area (Å²) in [6.07, 6.45) is 0. The number of carbonyl (C=O) groups excluding carboxylic acids is 2. The highest BCUT2D eigenvalue weighted by atomic mass is 35.5. The van der Waals surface area contributed by atoms with E-state index in [1.165, 1.54) is 4.68 Å². The van der Waals surface area contributed by atoms with Crippen LogP contribution in [0.25, 0.3) is 11.3 Å². The molecule has 104 valence electrons. The normalized spacial score (nSPS) is 10.3. The van der Waals surface area contributed by atoms with Gasteiger partial charge < -0.3 is 4.74 Å². The average Bonchev–Trinajstić information content (AvgIpc) is 2.78. The smallest absolute Gasteiger partial charge is 0.342 e. The van der Waals surface area contributed by atoms with Gasteiger partial charge in [0.25, 0.3) is 5.24 Å². The number of hydrogen-bond acceptors (Lipinski definition) is 4. The van der Waals surface area contributed by atoms with E-state index in [-0.39, 0.29) is 17.9 Å². The maximum Gasteiger partial charge on any atom is 0.342 e. The van der Waals surface area contributed by atoms with Gasteiger partial charge in [-0.05, 0) is 18.5 Å². The van der Waals surface area contributed by atoms with Crippen LogP contribution in [0.2, 0.25) is 0 Å². The molecule has 0 saturated heterocycles. The molecule has 0 aliphatic heterocycles. The molecule has 20 heavy (non-hydrogen) atoms. The molecule has 2 aromatic rings. The Morgan fingerprint density at radius 1 is 1.30 bits per heavy atom. The molecule has 0 spiro atoms. The fraction of sp³-hybridized carbons (Fsp3) is 0.214. The summed E-state index contributed by atoms with van der Waals surface area (Å²) in [5, 5.41) is 3.24. The van der Waals surface area contributed by atoms with E-state index >= 15 is 0 Å². The second kappa shape index (κ2) is 5.88. The maximum absolute atomic E-state index is 12.1. The Balaban J connectivity index is 2.67. The molecule has 0 N–H and O–H groups in total. The van der Waals surface area contributed by atoms with Gasteiger partial charge in [0.1, 0.15) is 5.56 Å². The summed E-state index contributed by atoms with van der Waals surface area (Å²) in [4.78, 5) is 23.5. The van der Waals surface area contributed by atoms with E-state index < -0.39 is 11.2 Å². The molecule has 0 bridgehead atoms. The first-order chi connectivity index (χ1) is 9.56. The SMILES string of the molecule is CCOC(=O)c1c(C(=O)Cl)nn(C)c1-c1ccccc1. The van der Waals surface area contributed by atoms with Gasteiger partial charge in [-0.1, -0.05) is 30.3 Å². The van der Waals surface area contributed by atoms with Crippen LogP contribution in [0.15, 0.2) is 30.3 Å². The van der Waals surface area contributed by atoms with E-state index in [1.807, 2.05) is 30.3 Å². The molecule has 0 unspecified atom stereocenters. The molecular formula is C14H13ClN2O3. The van der Waals surface area contributed by atoms with Crippen LogP contribution in [0.3, 0.4) is 0 Å². The maximum atomic E-state index is 12.1. The van der Waals surface area contributed by atoms with E-state index in [2.05, 4.69) is 5.10 Å². The lowest BCUT2D eigenvalue weighted by Crippen LogP contribution is -2.09. The molecule has 0 amide bonds. The molecule has 1 aromatic carbocycles. The highest BCUT2D eigenvalue weighted by Crippen LogP contribution is 2.27. The van der Waals surface area contributed by atoms with E-state index in [9.17, 15) is 9.59 Å². The first-order valence-electron chi connectivity index (χ1n) is 6.05. The second-order valence-electron chi connectivity index (χ2n) is 4.06. The third-order valence-electron chi connectivity index (χ3n) is 2.76. The number of carbonyl (C=O) groups is 2. The van der Waals surface area contributed by atoms with Crippen LogP contribution >= 0.6 is 11.6 Å². The number of aromatic nitrogens is 2.